The molecule has 0 amide bonds. The standard InChI is InChI=1S/C23H30N2O/c1-17(24-15-18-7-3-2-4-8-18)16-25-20-11-12-21(25)14-19(13-20)22-9-5-6-10-23(22)26/h2-10,17,19-21,24,26H,11-16H2,1H3. The second-order valence-electron chi connectivity index (χ2n) is 8.08. The maximum Gasteiger partial charge on any atom is 0.119 e. The fourth-order valence-corrected chi connectivity index (χ4v) is 4.93. The minimum absolute atomic E-state index is 0.475. The van der Waals surface area contributed by atoms with Gasteiger partial charge in [-0.2, -0.15) is 0 Å². The number of nitrogens with one attached hydrogen (secondary N) is 1. The summed E-state index contributed by atoms with van der Waals surface area (Å²) in [6.45, 7) is 4.36. The lowest BCUT2D eigenvalue weighted by Crippen LogP contribution is -2.48. The van der Waals surface area contributed by atoms with E-state index >= 15 is 0 Å². The van der Waals surface area contributed by atoms with Crippen molar-refractivity contribution in [1.82, 2.24) is 10.2 Å². The maximum absolute atomic E-state index is 10.2. The first kappa shape index (κ1) is 17.6. The molecule has 0 aliphatic carbocycles. The van der Waals surface area contributed by atoms with Crippen molar-refractivity contribution >= 4 is 0 Å². The zero-order valence-electron chi connectivity index (χ0n) is 15.6. The van der Waals surface area contributed by atoms with E-state index in [1.165, 1.54) is 31.2 Å². The van der Waals surface area contributed by atoms with Gasteiger partial charge >= 0.3 is 0 Å². The first-order valence-corrected chi connectivity index (χ1v) is 10.0. The third kappa shape index (κ3) is 3.79. The fraction of sp³-hybridized carbons (Fsp3) is 0.478. The van der Waals surface area contributed by atoms with Gasteiger partial charge in [0.2, 0.25) is 0 Å². The second kappa shape index (κ2) is 7.81. The van der Waals surface area contributed by atoms with Crippen molar-refractivity contribution in [2.75, 3.05) is 6.54 Å². The smallest absolute Gasteiger partial charge is 0.119 e. The van der Waals surface area contributed by atoms with Crippen LogP contribution < -0.4 is 5.32 Å². The van der Waals surface area contributed by atoms with E-state index in [2.05, 4.69) is 59.6 Å². The summed E-state index contributed by atoms with van der Waals surface area (Å²) in [6.07, 6.45) is 4.97. The van der Waals surface area contributed by atoms with E-state index in [4.69, 9.17) is 0 Å². The number of piperidine rings is 1. The van der Waals surface area contributed by atoms with Crippen molar-refractivity contribution in [3.63, 3.8) is 0 Å². The maximum atomic E-state index is 10.2. The van der Waals surface area contributed by atoms with E-state index < -0.39 is 0 Å². The van der Waals surface area contributed by atoms with Crippen LogP contribution in [0.5, 0.6) is 5.75 Å². The summed E-state index contributed by atoms with van der Waals surface area (Å²) in [6, 6.07) is 20.4. The minimum Gasteiger partial charge on any atom is -0.508 e. The molecule has 2 saturated heterocycles. The molecule has 2 aromatic carbocycles. The summed E-state index contributed by atoms with van der Waals surface area (Å²) in [7, 11) is 0. The van der Waals surface area contributed by atoms with Crippen LogP contribution in [-0.2, 0) is 6.54 Å². The molecule has 3 nitrogen and oxygen atoms in total. The zero-order chi connectivity index (χ0) is 17.9. The van der Waals surface area contributed by atoms with Crippen LogP contribution in [0.3, 0.4) is 0 Å². The molecular formula is C23H30N2O. The highest BCUT2D eigenvalue weighted by atomic mass is 16.3. The number of nitrogens with zero attached hydrogens (tertiary/aromatic N) is 1. The molecule has 2 aliphatic rings. The van der Waals surface area contributed by atoms with Gasteiger partial charge in [0.1, 0.15) is 5.75 Å². The van der Waals surface area contributed by atoms with Crippen molar-refractivity contribution in [2.24, 2.45) is 0 Å². The molecule has 138 valence electrons. The van der Waals surface area contributed by atoms with Crippen molar-refractivity contribution < 1.29 is 5.11 Å². The van der Waals surface area contributed by atoms with Crippen LogP contribution in [0, 0.1) is 0 Å². The Morgan fingerprint density at radius 2 is 1.65 bits per heavy atom. The summed E-state index contributed by atoms with van der Waals surface area (Å²) in [5.74, 6) is 0.987. The van der Waals surface area contributed by atoms with Crippen LogP contribution in [0.4, 0.5) is 0 Å². The quantitative estimate of drug-likeness (QED) is 0.816. The molecule has 3 heteroatoms. The highest BCUT2D eigenvalue weighted by Crippen LogP contribution is 2.44. The molecule has 2 bridgehead atoms. The van der Waals surface area contributed by atoms with E-state index in [0.29, 0.717) is 29.8 Å². The number of benzene rings is 2. The van der Waals surface area contributed by atoms with Crippen LogP contribution in [0.15, 0.2) is 54.6 Å². The van der Waals surface area contributed by atoms with Gasteiger partial charge < -0.3 is 10.4 Å². The molecule has 0 aromatic heterocycles. The summed E-state index contributed by atoms with van der Waals surface area (Å²) in [5, 5.41) is 13.9. The average Bonchev–Trinajstić information content (AvgIpc) is 2.89. The number of para-hydroxylation sites is 1. The predicted octanol–water partition coefficient (Wildman–Crippen LogP) is 4.28. The molecule has 2 heterocycles. The SMILES string of the molecule is CC(CN1C2CCC1CC(c1ccccc1O)C2)NCc1ccccc1. The van der Waals surface area contributed by atoms with E-state index in [1.54, 1.807) is 0 Å². The summed E-state index contributed by atoms with van der Waals surface area (Å²) in [5.41, 5.74) is 2.50. The summed E-state index contributed by atoms with van der Waals surface area (Å²) in [4.78, 5) is 2.74. The van der Waals surface area contributed by atoms with Crippen molar-refractivity contribution in [1.29, 1.82) is 0 Å². The predicted molar refractivity (Wildman–Crippen MR) is 106 cm³/mol. The lowest BCUT2D eigenvalue weighted by atomic mass is 9.84. The van der Waals surface area contributed by atoms with E-state index in [-0.39, 0.29) is 0 Å². The zero-order valence-corrected chi connectivity index (χ0v) is 15.6. The van der Waals surface area contributed by atoms with E-state index in [0.717, 1.165) is 18.7 Å². The number of fused-ring (bicyclic) bond motifs is 2. The molecule has 2 aromatic rings. The Labute approximate surface area is 157 Å². The number of hydrogen-bond acceptors (Lipinski definition) is 3. The third-order valence-corrected chi connectivity index (χ3v) is 6.24. The normalized spacial score (nSPS) is 26.7. The Balaban J connectivity index is 1.34. The molecule has 3 atom stereocenters. The summed E-state index contributed by atoms with van der Waals surface area (Å²) >= 11 is 0. The Morgan fingerprint density at radius 3 is 2.35 bits per heavy atom. The van der Waals surface area contributed by atoms with Gasteiger partial charge in [-0.05, 0) is 55.7 Å². The fourth-order valence-electron chi connectivity index (χ4n) is 4.93. The molecule has 2 N–H and O–H groups in total. The molecule has 2 aliphatic heterocycles. The highest BCUT2D eigenvalue weighted by Gasteiger charge is 2.41. The number of phenols is 1. The van der Waals surface area contributed by atoms with Gasteiger partial charge in [-0.25, -0.2) is 0 Å². The number of phenolic OH excluding ortho intramolecular Hbond substituents is 1. The largest absolute Gasteiger partial charge is 0.508 e. The molecule has 2 fully saturated rings. The van der Waals surface area contributed by atoms with Gasteiger partial charge in [0.25, 0.3) is 0 Å². The minimum atomic E-state index is 0.475. The van der Waals surface area contributed by atoms with E-state index in [1.807, 2.05) is 12.1 Å². The van der Waals surface area contributed by atoms with Crippen molar-refractivity contribution in [3.8, 4) is 5.75 Å². The Bertz CT molecular complexity index is 703. The van der Waals surface area contributed by atoms with Gasteiger partial charge in [0.05, 0.1) is 0 Å². The van der Waals surface area contributed by atoms with Crippen LogP contribution in [0.25, 0.3) is 0 Å². The monoisotopic (exact) mass is 350 g/mol. The van der Waals surface area contributed by atoms with Gasteiger partial charge in [-0.3, -0.25) is 4.90 Å². The van der Waals surface area contributed by atoms with Gasteiger partial charge in [-0.1, -0.05) is 48.5 Å². The molecule has 0 spiro atoms. The first-order valence-electron chi connectivity index (χ1n) is 10.0. The van der Waals surface area contributed by atoms with Crippen LogP contribution in [0.1, 0.15) is 49.7 Å². The van der Waals surface area contributed by atoms with Gasteiger partial charge in [0, 0.05) is 31.2 Å². The lowest BCUT2D eigenvalue weighted by molar-refractivity contribution is 0.114. The molecule has 26 heavy (non-hydrogen) atoms. The third-order valence-electron chi connectivity index (χ3n) is 6.24. The first-order chi connectivity index (χ1) is 12.7. The molecule has 0 radical (unpaired) electrons. The Hall–Kier alpha value is -1.84. The average molecular weight is 351 g/mol. The topological polar surface area (TPSA) is 35.5 Å². The molecule has 0 saturated carbocycles. The van der Waals surface area contributed by atoms with Crippen LogP contribution in [0.2, 0.25) is 0 Å². The van der Waals surface area contributed by atoms with Gasteiger partial charge in [-0.15, -0.1) is 0 Å². The number of aromatic hydroxyl groups is 1. The van der Waals surface area contributed by atoms with E-state index in [9.17, 15) is 5.11 Å². The number of rotatable bonds is 6. The number of hydrogen-bond donors (Lipinski definition) is 2. The molecule has 3 unspecified atom stereocenters. The lowest BCUT2D eigenvalue weighted by Gasteiger charge is -2.40. The Kier molecular flexibility index (Phi) is 5.28. The van der Waals surface area contributed by atoms with Crippen molar-refractivity contribution in [3.05, 3.63) is 65.7 Å². The van der Waals surface area contributed by atoms with Crippen molar-refractivity contribution in [2.45, 2.75) is 63.2 Å². The van der Waals surface area contributed by atoms with Gasteiger partial charge in [0.15, 0.2) is 0 Å². The van der Waals surface area contributed by atoms with Crippen LogP contribution >= 0.6 is 0 Å². The Morgan fingerprint density at radius 1 is 1.00 bits per heavy atom. The van der Waals surface area contributed by atoms with Crippen LogP contribution in [-0.4, -0.2) is 34.7 Å². The summed E-state index contributed by atoms with van der Waals surface area (Å²) < 4.78 is 0. The molecular weight excluding hydrogens is 320 g/mol. The molecule has 4 rings (SSSR count). The highest BCUT2D eigenvalue weighted by molar-refractivity contribution is 5.35. The second-order valence-corrected chi connectivity index (χ2v) is 8.08.